The number of furan rings is 1. The fourth-order valence-electron chi connectivity index (χ4n) is 8.25. The maximum absolute atomic E-state index is 6.67. The van der Waals surface area contributed by atoms with Crippen molar-refractivity contribution in [3.05, 3.63) is 140 Å². The summed E-state index contributed by atoms with van der Waals surface area (Å²) >= 11 is 1.87. The van der Waals surface area contributed by atoms with Gasteiger partial charge >= 0.3 is 0 Å². The second kappa shape index (κ2) is 9.19. The summed E-state index contributed by atoms with van der Waals surface area (Å²) in [6, 6.07) is 49.7. The van der Waals surface area contributed by atoms with E-state index >= 15 is 0 Å². The van der Waals surface area contributed by atoms with Gasteiger partial charge in [-0.15, -0.1) is 11.3 Å². The summed E-state index contributed by atoms with van der Waals surface area (Å²) in [5, 5.41) is 8.71. The van der Waals surface area contributed by atoms with E-state index in [1.54, 1.807) is 0 Å². The van der Waals surface area contributed by atoms with Crippen molar-refractivity contribution in [1.29, 1.82) is 0 Å². The van der Waals surface area contributed by atoms with Gasteiger partial charge < -0.3 is 4.42 Å². The molecule has 7 aromatic carbocycles. The third-order valence-electron chi connectivity index (χ3n) is 10.4. The van der Waals surface area contributed by atoms with E-state index in [1.165, 1.54) is 58.4 Å². The van der Waals surface area contributed by atoms with Crippen LogP contribution in [0.15, 0.2) is 144 Å². The average molecular weight is 642 g/mol. The van der Waals surface area contributed by atoms with Crippen LogP contribution in [0.25, 0.3) is 114 Å². The van der Waals surface area contributed by atoms with Gasteiger partial charge in [0.1, 0.15) is 11.1 Å². The van der Waals surface area contributed by atoms with E-state index in [0.29, 0.717) is 11.4 Å². The molecule has 0 spiro atoms. The Morgan fingerprint density at radius 2 is 1.18 bits per heavy atom. The van der Waals surface area contributed by atoms with Gasteiger partial charge in [0.05, 0.1) is 11.0 Å². The molecule has 226 valence electrons. The molecule has 0 fully saturated rings. The highest BCUT2D eigenvalue weighted by Gasteiger charge is 2.28. The summed E-state index contributed by atoms with van der Waals surface area (Å²) in [6.07, 6.45) is 0. The minimum Gasteiger partial charge on any atom is -0.450 e. The second-order valence-electron chi connectivity index (χ2n) is 12.9. The molecular weight excluding hydrogens is 619 g/mol. The maximum atomic E-state index is 6.67. The fourth-order valence-corrected chi connectivity index (χ4v) is 9.39. The highest BCUT2D eigenvalue weighted by atomic mass is 32.1. The van der Waals surface area contributed by atoms with Crippen molar-refractivity contribution in [3.63, 3.8) is 0 Å². The van der Waals surface area contributed by atoms with Crippen molar-refractivity contribution in [2.45, 2.75) is 0 Å². The van der Waals surface area contributed by atoms with Crippen molar-refractivity contribution in [2.24, 2.45) is 0 Å². The first-order valence-electron chi connectivity index (χ1n) is 16.5. The van der Waals surface area contributed by atoms with Crippen LogP contribution in [0.2, 0.25) is 0 Å². The predicted octanol–water partition coefficient (Wildman–Crippen LogP) is 12.3. The molecule has 1 aliphatic rings. The summed E-state index contributed by atoms with van der Waals surface area (Å²) in [5.41, 5.74) is 10.4. The number of nitrogens with zero attached hydrogens (tertiary/aromatic N) is 3. The molecule has 0 bridgehead atoms. The molecule has 1 aliphatic carbocycles. The maximum Gasteiger partial charge on any atom is 0.197 e. The van der Waals surface area contributed by atoms with E-state index < -0.39 is 0 Å². The van der Waals surface area contributed by atoms with Gasteiger partial charge in [-0.05, 0) is 69.4 Å². The molecule has 0 atom stereocenters. The van der Waals surface area contributed by atoms with Crippen molar-refractivity contribution < 1.29 is 4.42 Å². The van der Waals surface area contributed by atoms with E-state index in [1.807, 2.05) is 35.6 Å². The van der Waals surface area contributed by atoms with Gasteiger partial charge in [0.15, 0.2) is 17.2 Å². The number of hydrogen-bond donors (Lipinski definition) is 0. The van der Waals surface area contributed by atoms with Gasteiger partial charge in [0.25, 0.3) is 0 Å². The van der Waals surface area contributed by atoms with Gasteiger partial charge in [-0.25, -0.2) is 9.97 Å². The molecule has 0 aliphatic heterocycles. The van der Waals surface area contributed by atoms with E-state index in [0.717, 1.165) is 44.5 Å². The monoisotopic (exact) mass is 641 g/mol. The highest BCUT2D eigenvalue weighted by molar-refractivity contribution is 7.26. The van der Waals surface area contributed by atoms with Gasteiger partial charge in [-0.3, -0.25) is 4.57 Å². The van der Waals surface area contributed by atoms with Crippen LogP contribution in [0.4, 0.5) is 0 Å². The topological polar surface area (TPSA) is 43.9 Å². The van der Waals surface area contributed by atoms with Crippen LogP contribution in [-0.4, -0.2) is 14.5 Å². The van der Waals surface area contributed by atoms with Crippen molar-refractivity contribution >= 4 is 86.2 Å². The van der Waals surface area contributed by atoms with Crippen LogP contribution in [0.3, 0.4) is 0 Å². The second-order valence-corrected chi connectivity index (χ2v) is 14.0. The number of thiophene rings is 1. The molecule has 0 amide bonds. The Kier molecular flexibility index (Phi) is 4.83. The fraction of sp³-hybridized carbons (Fsp3) is 0. The molecular formula is C44H23N3OS. The summed E-state index contributed by atoms with van der Waals surface area (Å²) in [4.78, 5) is 10.6. The Morgan fingerprint density at radius 3 is 2.06 bits per heavy atom. The number of fused-ring (bicyclic) bond motifs is 4. The largest absolute Gasteiger partial charge is 0.450 e. The Morgan fingerprint density at radius 1 is 0.490 bits per heavy atom. The Labute approximate surface area is 283 Å². The van der Waals surface area contributed by atoms with Crippen LogP contribution in [0.5, 0.6) is 0 Å². The van der Waals surface area contributed by atoms with Crippen molar-refractivity contribution in [3.8, 4) is 39.5 Å². The number of rotatable bonds is 3. The Balaban J connectivity index is 1.23. The van der Waals surface area contributed by atoms with Crippen LogP contribution in [0, 0.1) is 0 Å². The molecule has 0 N–H and O–H groups in total. The lowest BCUT2D eigenvalue weighted by Gasteiger charge is -2.12. The lowest BCUT2D eigenvalue weighted by Crippen LogP contribution is -2.02. The Hall–Kier alpha value is -6.30. The zero-order chi connectivity index (χ0) is 31.8. The molecule has 0 saturated heterocycles. The molecule has 4 nitrogen and oxygen atoms in total. The van der Waals surface area contributed by atoms with E-state index in [4.69, 9.17) is 14.4 Å². The smallest absolute Gasteiger partial charge is 0.197 e. The molecule has 11 aromatic rings. The van der Waals surface area contributed by atoms with Crippen LogP contribution in [-0.2, 0) is 0 Å². The normalized spacial score (nSPS) is 12.5. The minimum absolute atomic E-state index is 0.668. The van der Waals surface area contributed by atoms with Crippen molar-refractivity contribution in [1.82, 2.24) is 14.5 Å². The van der Waals surface area contributed by atoms with Crippen LogP contribution in [0.1, 0.15) is 0 Å². The quantitative estimate of drug-likeness (QED) is 0.193. The third-order valence-corrected chi connectivity index (χ3v) is 11.5. The summed E-state index contributed by atoms with van der Waals surface area (Å²) in [6.45, 7) is 0. The lowest BCUT2D eigenvalue weighted by molar-refractivity contribution is 0.662. The third kappa shape index (κ3) is 3.32. The summed E-state index contributed by atoms with van der Waals surface area (Å²) in [7, 11) is 0. The zero-order valence-corrected chi connectivity index (χ0v) is 26.8. The first kappa shape index (κ1) is 25.7. The van der Waals surface area contributed by atoms with E-state index in [2.05, 4.69) is 120 Å². The molecule has 12 rings (SSSR count). The first-order valence-corrected chi connectivity index (χ1v) is 17.3. The SMILES string of the molecule is c1ccc(-c2ccc(-c3nc(-n4c5ccc6cccc7c6c5c5c6c(ccc54)sc4cccc-7c46)c4oc5ccccc5c4n3)cc2)cc1. The van der Waals surface area contributed by atoms with E-state index in [9.17, 15) is 0 Å². The molecule has 49 heavy (non-hydrogen) atoms. The van der Waals surface area contributed by atoms with Gasteiger partial charge in [-0.1, -0.05) is 103 Å². The Bertz CT molecular complexity index is 3200. The van der Waals surface area contributed by atoms with Crippen molar-refractivity contribution in [2.75, 3.05) is 0 Å². The summed E-state index contributed by atoms with van der Waals surface area (Å²) in [5.74, 6) is 1.42. The molecule has 5 heteroatoms. The molecule has 4 heterocycles. The predicted molar refractivity (Wildman–Crippen MR) is 204 cm³/mol. The van der Waals surface area contributed by atoms with Gasteiger partial charge in [0.2, 0.25) is 0 Å². The van der Waals surface area contributed by atoms with Crippen LogP contribution >= 0.6 is 11.3 Å². The average Bonchev–Trinajstić information content (AvgIpc) is 3.81. The number of aromatic nitrogens is 3. The van der Waals surface area contributed by atoms with Gasteiger partial charge in [-0.2, -0.15) is 0 Å². The molecule has 0 radical (unpaired) electrons. The number of benzene rings is 7. The van der Waals surface area contributed by atoms with Crippen LogP contribution < -0.4 is 0 Å². The molecule has 4 aromatic heterocycles. The van der Waals surface area contributed by atoms with E-state index in [-0.39, 0.29) is 0 Å². The minimum atomic E-state index is 0.668. The summed E-state index contributed by atoms with van der Waals surface area (Å²) < 4.78 is 11.6. The standard InChI is InChI=1S/C44H23N3OS/c1-2-8-24(9-3-1)25-16-18-27(19-17-25)43-45-41-30-11-4-5-14-33(30)48-42(41)44(46-43)47-31-21-20-26-10-6-12-28-29-13-7-15-34-37(29)40-35(49-34)23-22-32(47)39(40)38(31)36(26)28/h1-23H. The number of para-hydroxylation sites is 1. The highest BCUT2D eigenvalue weighted by Crippen LogP contribution is 2.52. The van der Waals surface area contributed by atoms with Gasteiger partial charge in [0, 0.05) is 41.9 Å². The first-order chi connectivity index (χ1) is 24.3. The molecule has 0 saturated carbocycles. The lowest BCUT2D eigenvalue weighted by atomic mass is 9.95. The zero-order valence-electron chi connectivity index (χ0n) is 25.9. The number of hydrogen-bond acceptors (Lipinski definition) is 4. The molecule has 0 unspecified atom stereocenters.